The van der Waals surface area contributed by atoms with Crippen LogP contribution in [0.1, 0.15) is 25.7 Å². The molecule has 0 radical (unpaired) electrons. The molecule has 0 aromatic rings. The maximum atomic E-state index is 5.35. The highest BCUT2D eigenvalue weighted by atomic mass is 32.2. The summed E-state index contributed by atoms with van der Waals surface area (Å²) >= 11 is 1.97. The third kappa shape index (κ3) is 2.48. The minimum Gasteiger partial charge on any atom is -0.381 e. The van der Waals surface area contributed by atoms with E-state index in [9.17, 15) is 0 Å². The maximum absolute atomic E-state index is 5.35. The summed E-state index contributed by atoms with van der Waals surface area (Å²) in [5.41, 5.74) is 0. The van der Waals surface area contributed by atoms with Crippen LogP contribution in [0.5, 0.6) is 0 Å². The van der Waals surface area contributed by atoms with Crippen molar-refractivity contribution in [1.82, 2.24) is 5.32 Å². The van der Waals surface area contributed by atoms with E-state index in [-0.39, 0.29) is 0 Å². The predicted molar refractivity (Wildman–Crippen MR) is 63.4 cm³/mol. The Labute approximate surface area is 95.1 Å². The molecule has 0 aromatic heterocycles. The average molecular weight is 226 g/mol. The van der Waals surface area contributed by atoms with E-state index in [2.05, 4.69) is 10.3 Å². The van der Waals surface area contributed by atoms with Gasteiger partial charge in [0, 0.05) is 24.5 Å². The highest BCUT2D eigenvalue weighted by molar-refractivity contribution is 8.14. The monoisotopic (exact) mass is 226 g/mol. The summed E-state index contributed by atoms with van der Waals surface area (Å²) in [6, 6.07) is 0.600. The van der Waals surface area contributed by atoms with Gasteiger partial charge >= 0.3 is 0 Å². The molecule has 1 unspecified atom stereocenters. The third-order valence-corrected chi connectivity index (χ3v) is 4.68. The van der Waals surface area contributed by atoms with Crippen LogP contribution in [-0.4, -0.2) is 36.2 Å². The molecule has 3 nitrogen and oxygen atoms in total. The lowest BCUT2D eigenvalue weighted by Gasteiger charge is -2.23. The molecule has 1 aliphatic carbocycles. The van der Waals surface area contributed by atoms with Crippen molar-refractivity contribution < 1.29 is 4.74 Å². The van der Waals surface area contributed by atoms with Crippen LogP contribution in [0.3, 0.4) is 0 Å². The van der Waals surface area contributed by atoms with Crippen molar-refractivity contribution in [2.45, 2.75) is 37.0 Å². The van der Waals surface area contributed by atoms with Crippen molar-refractivity contribution in [3.8, 4) is 0 Å². The van der Waals surface area contributed by atoms with Gasteiger partial charge in [0.15, 0.2) is 5.17 Å². The molecule has 2 heterocycles. The van der Waals surface area contributed by atoms with Gasteiger partial charge in [-0.1, -0.05) is 11.8 Å². The lowest BCUT2D eigenvalue weighted by molar-refractivity contribution is 0.0826. The van der Waals surface area contributed by atoms with Crippen molar-refractivity contribution >= 4 is 16.9 Å². The first-order chi connectivity index (χ1) is 7.42. The summed E-state index contributed by atoms with van der Waals surface area (Å²) in [6.45, 7) is 2.85. The van der Waals surface area contributed by atoms with Gasteiger partial charge in [-0.2, -0.15) is 0 Å². The van der Waals surface area contributed by atoms with Gasteiger partial charge in [-0.05, 0) is 31.6 Å². The Bertz CT molecular complexity index is 259. The minimum atomic E-state index is 0.600. The van der Waals surface area contributed by atoms with E-state index in [1.165, 1.54) is 18.0 Å². The van der Waals surface area contributed by atoms with Crippen LogP contribution >= 0.6 is 11.8 Å². The van der Waals surface area contributed by atoms with Crippen molar-refractivity contribution in [2.75, 3.05) is 19.8 Å². The molecule has 84 valence electrons. The minimum absolute atomic E-state index is 0.600. The number of nitrogens with zero attached hydrogens (tertiary/aromatic N) is 1. The molecule has 1 atom stereocenters. The number of amidine groups is 1. The fourth-order valence-corrected chi connectivity index (χ4v) is 3.48. The van der Waals surface area contributed by atoms with Gasteiger partial charge in [0.1, 0.15) is 0 Å². The first-order valence-corrected chi connectivity index (χ1v) is 6.85. The van der Waals surface area contributed by atoms with E-state index in [4.69, 9.17) is 4.74 Å². The number of rotatable bonds is 2. The average Bonchev–Trinajstić information content (AvgIpc) is 3.02. The second-order valence-electron chi connectivity index (χ2n) is 4.67. The van der Waals surface area contributed by atoms with Gasteiger partial charge in [-0.15, -0.1) is 0 Å². The van der Waals surface area contributed by atoms with E-state index in [1.807, 2.05) is 11.8 Å². The fraction of sp³-hybridized carbons (Fsp3) is 0.909. The Balaban J connectivity index is 1.46. The topological polar surface area (TPSA) is 33.6 Å². The van der Waals surface area contributed by atoms with Gasteiger partial charge in [0.25, 0.3) is 0 Å². The van der Waals surface area contributed by atoms with Gasteiger partial charge in [-0.3, -0.25) is 4.99 Å². The lowest BCUT2D eigenvalue weighted by Crippen LogP contribution is -2.37. The largest absolute Gasteiger partial charge is 0.381 e. The van der Waals surface area contributed by atoms with E-state index in [0.717, 1.165) is 43.8 Å². The molecule has 3 aliphatic rings. The zero-order valence-electron chi connectivity index (χ0n) is 8.95. The van der Waals surface area contributed by atoms with Gasteiger partial charge in [-0.25, -0.2) is 0 Å². The summed E-state index contributed by atoms with van der Waals surface area (Å²) in [4.78, 5) is 4.60. The normalized spacial score (nSPS) is 32.8. The summed E-state index contributed by atoms with van der Waals surface area (Å²) in [5, 5.41) is 5.54. The van der Waals surface area contributed by atoms with E-state index in [1.54, 1.807) is 0 Å². The molecule has 15 heavy (non-hydrogen) atoms. The van der Waals surface area contributed by atoms with Crippen molar-refractivity contribution in [1.29, 1.82) is 0 Å². The van der Waals surface area contributed by atoms with E-state index < -0.39 is 0 Å². The molecule has 0 aromatic carbocycles. The number of thioether (sulfide) groups is 1. The standard InChI is InChI=1S/C11H18N2OS/c1-2-8(1)10-7-12-11(15-10)13-9-3-5-14-6-4-9/h8-10H,1-7H2,(H,12,13). The number of ether oxygens (including phenoxy) is 1. The molecular weight excluding hydrogens is 208 g/mol. The molecule has 0 bridgehead atoms. The Hall–Kier alpha value is -0.220. The van der Waals surface area contributed by atoms with Gasteiger partial charge in [0.2, 0.25) is 0 Å². The number of hydrogen-bond donors (Lipinski definition) is 1. The summed E-state index contributed by atoms with van der Waals surface area (Å²) in [7, 11) is 0. The van der Waals surface area contributed by atoms with Crippen LogP contribution in [0.15, 0.2) is 4.99 Å². The van der Waals surface area contributed by atoms with Crippen LogP contribution < -0.4 is 5.32 Å². The smallest absolute Gasteiger partial charge is 0.157 e. The Morgan fingerprint density at radius 1 is 1.20 bits per heavy atom. The molecule has 1 saturated heterocycles. The van der Waals surface area contributed by atoms with E-state index in [0.29, 0.717) is 6.04 Å². The Kier molecular flexibility index (Phi) is 2.88. The first-order valence-electron chi connectivity index (χ1n) is 5.97. The third-order valence-electron chi connectivity index (χ3n) is 3.37. The van der Waals surface area contributed by atoms with E-state index >= 15 is 0 Å². The number of hydrogen-bond acceptors (Lipinski definition) is 4. The number of aliphatic imine (C=N–C) groups is 1. The molecule has 3 rings (SSSR count). The molecule has 2 fully saturated rings. The summed E-state index contributed by atoms with van der Waals surface area (Å²) < 4.78 is 5.35. The van der Waals surface area contributed by atoms with Crippen LogP contribution in [0.2, 0.25) is 0 Å². The highest BCUT2D eigenvalue weighted by Crippen LogP contribution is 2.41. The molecular formula is C11H18N2OS. The SMILES string of the molecule is C1CC(NC2=NCC(C3CC3)S2)CCO1. The Morgan fingerprint density at radius 3 is 2.73 bits per heavy atom. The zero-order chi connectivity index (χ0) is 10.1. The first kappa shape index (κ1) is 9.97. The van der Waals surface area contributed by atoms with Gasteiger partial charge < -0.3 is 10.1 Å². The lowest BCUT2D eigenvalue weighted by atomic mass is 10.1. The second kappa shape index (κ2) is 4.34. The molecule has 4 heteroatoms. The second-order valence-corrected chi connectivity index (χ2v) is 5.90. The van der Waals surface area contributed by atoms with Crippen LogP contribution in [-0.2, 0) is 4.74 Å². The molecule has 0 spiro atoms. The molecule has 1 saturated carbocycles. The number of nitrogens with one attached hydrogen (secondary N) is 1. The van der Waals surface area contributed by atoms with Crippen molar-refractivity contribution in [2.24, 2.45) is 10.9 Å². The molecule has 0 amide bonds. The molecule has 1 N–H and O–H groups in total. The predicted octanol–water partition coefficient (Wildman–Crippen LogP) is 1.64. The summed E-state index contributed by atoms with van der Waals surface area (Å²) in [6.07, 6.45) is 5.12. The quantitative estimate of drug-likeness (QED) is 0.777. The fourth-order valence-electron chi connectivity index (χ4n) is 2.20. The maximum Gasteiger partial charge on any atom is 0.157 e. The van der Waals surface area contributed by atoms with Crippen LogP contribution in [0.4, 0.5) is 0 Å². The molecule has 2 aliphatic heterocycles. The Morgan fingerprint density at radius 2 is 2.00 bits per heavy atom. The van der Waals surface area contributed by atoms with Crippen LogP contribution in [0.25, 0.3) is 0 Å². The van der Waals surface area contributed by atoms with Crippen molar-refractivity contribution in [3.63, 3.8) is 0 Å². The summed E-state index contributed by atoms with van der Waals surface area (Å²) in [5.74, 6) is 0.965. The zero-order valence-corrected chi connectivity index (χ0v) is 9.76. The van der Waals surface area contributed by atoms with Crippen LogP contribution in [0, 0.1) is 5.92 Å². The van der Waals surface area contributed by atoms with Crippen molar-refractivity contribution in [3.05, 3.63) is 0 Å². The highest BCUT2D eigenvalue weighted by Gasteiger charge is 2.35. The van der Waals surface area contributed by atoms with Gasteiger partial charge in [0.05, 0.1) is 6.54 Å².